The van der Waals surface area contributed by atoms with Crippen molar-refractivity contribution in [2.45, 2.75) is 44.9 Å². The van der Waals surface area contributed by atoms with Gasteiger partial charge in [0.1, 0.15) is 6.04 Å². The normalized spacial score (nSPS) is 18.1. The van der Waals surface area contributed by atoms with Crippen LogP contribution in [0.25, 0.3) is 11.0 Å². The van der Waals surface area contributed by atoms with Crippen molar-refractivity contribution >= 4 is 22.9 Å². The van der Waals surface area contributed by atoms with Crippen LogP contribution in [0.4, 0.5) is 13.2 Å². The van der Waals surface area contributed by atoms with E-state index < -0.39 is 36.0 Å². The molecule has 0 spiro atoms. The monoisotopic (exact) mass is 369 g/mol. The number of carboxylic acid groups (broad SMARTS) is 1. The van der Waals surface area contributed by atoms with Crippen LogP contribution in [-0.4, -0.2) is 44.0 Å². The Kier molecular flexibility index (Phi) is 4.41. The molecule has 1 fully saturated rings. The van der Waals surface area contributed by atoms with Crippen molar-refractivity contribution in [3.8, 4) is 0 Å². The van der Waals surface area contributed by atoms with Gasteiger partial charge in [0.25, 0.3) is 5.91 Å². The van der Waals surface area contributed by atoms with E-state index in [1.54, 1.807) is 13.8 Å². The van der Waals surface area contributed by atoms with Gasteiger partial charge in [-0.05, 0) is 44.9 Å². The van der Waals surface area contributed by atoms with Gasteiger partial charge in [-0.1, -0.05) is 0 Å². The zero-order valence-corrected chi connectivity index (χ0v) is 14.2. The van der Waals surface area contributed by atoms with Crippen molar-refractivity contribution in [2.24, 2.45) is 0 Å². The highest BCUT2D eigenvalue weighted by Gasteiger charge is 2.39. The molecule has 6 nitrogen and oxygen atoms in total. The third-order valence-corrected chi connectivity index (χ3v) is 4.51. The lowest BCUT2D eigenvalue weighted by Gasteiger charge is -2.21. The molecule has 2 heterocycles. The Morgan fingerprint density at radius 1 is 1.31 bits per heavy atom. The fraction of sp³-hybridized carbons (Fsp3) is 0.471. The first-order valence-corrected chi connectivity index (χ1v) is 8.24. The van der Waals surface area contributed by atoms with Crippen molar-refractivity contribution in [3.63, 3.8) is 0 Å². The Morgan fingerprint density at radius 2 is 2.00 bits per heavy atom. The van der Waals surface area contributed by atoms with Crippen molar-refractivity contribution < 1.29 is 27.9 Å². The maximum absolute atomic E-state index is 13.3. The number of alkyl halides is 3. The van der Waals surface area contributed by atoms with Crippen LogP contribution in [-0.2, 0) is 11.0 Å². The summed E-state index contributed by atoms with van der Waals surface area (Å²) in [7, 11) is 0. The minimum absolute atomic E-state index is 0.0583. The standard InChI is InChI=1S/C17H18F3N3O3/c1-9(2)23-12-6-5-10(8-11(12)21-16(23)17(18,19)20)14(24)22-7-3-4-13(22)15(25)26/h5-6,8-9,13H,3-4,7H2,1-2H3,(H,25,26). The van der Waals surface area contributed by atoms with E-state index in [0.29, 0.717) is 19.4 Å². The number of nitrogens with zero attached hydrogens (tertiary/aromatic N) is 3. The predicted octanol–water partition coefficient (Wildman–Crippen LogP) is 3.33. The van der Waals surface area contributed by atoms with Crippen LogP contribution in [0, 0.1) is 0 Å². The van der Waals surface area contributed by atoms with E-state index in [1.165, 1.54) is 23.1 Å². The number of benzene rings is 1. The van der Waals surface area contributed by atoms with Gasteiger partial charge in [-0.2, -0.15) is 13.2 Å². The van der Waals surface area contributed by atoms with Crippen LogP contribution in [0.2, 0.25) is 0 Å². The predicted molar refractivity (Wildman–Crippen MR) is 86.8 cm³/mol. The Hall–Kier alpha value is -2.58. The maximum Gasteiger partial charge on any atom is 0.449 e. The highest BCUT2D eigenvalue weighted by atomic mass is 19.4. The van der Waals surface area contributed by atoms with Crippen LogP contribution in [0.3, 0.4) is 0 Å². The largest absolute Gasteiger partial charge is 0.480 e. The number of hydrogen-bond acceptors (Lipinski definition) is 3. The third kappa shape index (κ3) is 3.02. The summed E-state index contributed by atoms with van der Waals surface area (Å²) in [5.41, 5.74) is 0.468. The third-order valence-electron chi connectivity index (χ3n) is 4.51. The fourth-order valence-electron chi connectivity index (χ4n) is 3.39. The number of rotatable bonds is 3. The molecule has 1 aromatic carbocycles. The molecule has 1 N–H and O–H groups in total. The first kappa shape index (κ1) is 18.2. The summed E-state index contributed by atoms with van der Waals surface area (Å²) in [6.45, 7) is 3.55. The summed E-state index contributed by atoms with van der Waals surface area (Å²) < 4.78 is 40.9. The van der Waals surface area contributed by atoms with E-state index in [2.05, 4.69) is 4.98 Å². The van der Waals surface area contributed by atoms with Crippen LogP contribution in [0.1, 0.15) is 48.9 Å². The second-order valence-corrected chi connectivity index (χ2v) is 6.60. The SMILES string of the molecule is CC(C)n1c(C(F)(F)F)nc2cc(C(=O)N3CCCC3C(=O)O)ccc21. The zero-order chi connectivity index (χ0) is 19.2. The molecule has 140 valence electrons. The number of carbonyl (C=O) groups is 2. The Morgan fingerprint density at radius 3 is 2.58 bits per heavy atom. The van der Waals surface area contributed by atoms with E-state index in [1.807, 2.05) is 0 Å². The van der Waals surface area contributed by atoms with Crippen LogP contribution in [0.5, 0.6) is 0 Å². The van der Waals surface area contributed by atoms with Crippen molar-refractivity contribution in [1.82, 2.24) is 14.5 Å². The first-order chi connectivity index (χ1) is 12.1. The molecule has 1 aliphatic heterocycles. The average molecular weight is 369 g/mol. The molecule has 0 saturated carbocycles. The molecule has 1 saturated heterocycles. The van der Waals surface area contributed by atoms with Gasteiger partial charge < -0.3 is 14.6 Å². The summed E-state index contributed by atoms with van der Waals surface area (Å²) in [4.78, 5) is 28.8. The lowest BCUT2D eigenvalue weighted by atomic mass is 10.1. The lowest BCUT2D eigenvalue weighted by Crippen LogP contribution is -2.40. The fourth-order valence-corrected chi connectivity index (χ4v) is 3.39. The van der Waals surface area contributed by atoms with Gasteiger partial charge in [-0.25, -0.2) is 9.78 Å². The molecule has 9 heteroatoms. The molecular formula is C17H18F3N3O3. The van der Waals surface area contributed by atoms with Crippen LogP contribution >= 0.6 is 0 Å². The summed E-state index contributed by atoms with van der Waals surface area (Å²) in [6.07, 6.45) is -3.68. The highest BCUT2D eigenvalue weighted by Crippen LogP contribution is 2.34. The van der Waals surface area contributed by atoms with Gasteiger partial charge in [-0.3, -0.25) is 4.79 Å². The first-order valence-electron chi connectivity index (χ1n) is 8.24. The average Bonchev–Trinajstić information content (AvgIpc) is 3.17. The molecule has 1 aromatic heterocycles. The van der Waals surface area contributed by atoms with E-state index in [-0.39, 0.29) is 16.6 Å². The molecule has 0 bridgehead atoms. The van der Waals surface area contributed by atoms with E-state index in [9.17, 15) is 27.9 Å². The number of likely N-dealkylation sites (tertiary alicyclic amines) is 1. The number of aliphatic carboxylic acids is 1. The smallest absolute Gasteiger partial charge is 0.449 e. The second kappa shape index (κ2) is 6.30. The van der Waals surface area contributed by atoms with E-state index in [4.69, 9.17) is 0 Å². The quantitative estimate of drug-likeness (QED) is 0.901. The topological polar surface area (TPSA) is 75.4 Å². The Labute approximate surface area is 147 Å². The van der Waals surface area contributed by atoms with E-state index in [0.717, 1.165) is 4.57 Å². The summed E-state index contributed by atoms with van der Waals surface area (Å²) >= 11 is 0. The second-order valence-electron chi connectivity index (χ2n) is 6.60. The van der Waals surface area contributed by atoms with Crippen LogP contribution < -0.4 is 0 Å². The van der Waals surface area contributed by atoms with Gasteiger partial charge in [0.2, 0.25) is 5.82 Å². The summed E-state index contributed by atoms with van der Waals surface area (Å²) in [5, 5.41) is 9.21. The molecule has 1 aliphatic rings. The molecule has 2 aromatic rings. The van der Waals surface area contributed by atoms with Gasteiger partial charge in [-0.15, -0.1) is 0 Å². The number of carboxylic acids is 1. The molecule has 1 atom stereocenters. The highest BCUT2D eigenvalue weighted by molar-refractivity contribution is 5.99. The number of hydrogen-bond donors (Lipinski definition) is 1. The molecule has 3 rings (SSSR count). The zero-order valence-electron chi connectivity index (χ0n) is 14.2. The number of halogens is 3. The van der Waals surface area contributed by atoms with E-state index >= 15 is 0 Å². The maximum atomic E-state index is 13.3. The van der Waals surface area contributed by atoms with Gasteiger partial charge in [0.15, 0.2) is 0 Å². The molecule has 26 heavy (non-hydrogen) atoms. The van der Waals surface area contributed by atoms with Crippen LogP contribution in [0.15, 0.2) is 18.2 Å². The van der Waals surface area contributed by atoms with Gasteiger partial charge in [0, 0.05) is 18.2 Å². The van der Waals surface area contributed by atoms with Crippen molar-refractivity contribution in [2.75, 3.05) is 6.54 Å². The van der Waals surface area contributed by atoms with Gasteiger partial charge >= 0.3 is 12.1 Å². The molecular weight excluding hydrogens is 351 g/mol. The minimum Gasteiger partial charge on any atom is -0.480 e. The Balaban J connectivity index is 2.05. The number of imidazole rings is 1. The summed E-state index contributed by atoms with van der Waals surface area (Å²) in [5.74, 6) is -2.61. The van der Waals surface area contributed by atoms with Crippen molar-refractivity contribution in [3.05, 3.63) is 29.6 Å². The molecule has 0 aliphatic carbocycles. The van der Waals surface area contributed by atoms with Crippen molar-refractivity contribution in [1.29, 1.82) is 0 Å². The Bertz CT molecular complexity index is 873. The summed E-state index contributed by atoms with van der Waals surface area (Å²) in [6, 6.07) is 2.77. The number of fused-ring (bicyclic) bond motifs is 1. The lowest BCUT2D eigenvalue weighted by molar-refractivity contribution is -0.147. The minimum atomic E-state index is -4.61. The number of aromatic nitrogens is 2. The number of amides is 1. The molecule has 1 unspecified atom stereocenters. The molecule has 0 radical (unpaired) electrons. The van der Waals surface area contributed by atoms with Gasteiger partial charge in [0.05, 0.1) is 11.0 Å². The molecule has 1 amide bonds. The number of carbonyl (C=O) groups excluding carboxylic acids is 1.